The summed E-state index contributed by atoms with van der Waals surface area (Å²) in [6.07, 6.45) is 2.43. The first-order chi connectivity index (χ1) is 10.3. The summed E-state index contributed by atoms with van der Waals surface area (Å²) < 4.78 is 10.3. The number of aromatic nitrogens is 1. The monoisotopic (exact) mass is 309 g/mol. The Morgan fingerprint density at radius 1 is 1.23 bits per heavy atom. The van der Waals surface area contributed by atoms with Gasteiger partial charge in [-0.2, -0.15) is 0 Å². The second-order valence-corrected chi connectivity index (χ2v) is 6.54. The topological polar surface area (TPSA) is 84.7 Å². The van der Waals surface area contributed by atoms with Crippen molar-refractivity contribution < 1.29 is 18.8 Å². The van der Waals surface area contributed by atoms with E-state index in [0.717, 1.165) is 19.3 Å². The van der Waals surface area contributed by atoms with Crippen LogP contribution >= 0.6 is 0 Å². The summed E-state index contributed by atoms with van der Waals surface area (Å²) in [5.74, 6) is -0.195. The molecule has 22 heavy (non-hydrogen) atoms. The number of ether oxygens (including phenoxy) is 1. The molecule has 1 aliphatic heterocycles. The molecular weight excluding hydrogens is 286 g/mol. The van der Waals surface area contributed by atoms with Crippen LogP contribution in [0.1, 0.15) is 56.3 Å². The van der Waals surface area contributed by atoms with Crippen LogP contribution in [0.25, 0.3) is 0 Å². The quantitative estimate of drug-likeness (QED) is 0.907. The van der Waals surface area contributed by atoms with Crippen molar-refractivity contribution in [1.82, 2.24) is 15.4 Å². The van der Waals surface area contributed by atoms with Gasteiger partial charge in [-0.3, -0.25) is 4.79 Å². The number of hydrogen-bond acceptors (Lipinski definition) is 5. The molecule has 7 nitrogen and oxygen atoms in total. The van der Waals surface area contributed by atoms with E-state index in [1.165, 1.54) is 0 Å². The zero-order valence-corrected chi connectivity index (χ0v) is 13.6. The number of nitrogens with one attached hydrogen (secondary N) is 1. The van der Waals surface area contributed by atoms with E-state index in [2.05, 4.69) is 10.5 Å². The van der Waals surface area contributed by atoms with Crippen molar-refractivity contribution in [2.75, 3.05) is 13.1 Å². The summed E-state index contributed by atoms with van der Waals surface area (Å²) in [5, 5.41) is 6.43. The van der Waals surface area contributed by atoms with Gasteiger partial charge in [0.2, 0.25) is 5.75 Å². The Labute approximate surface area is 130 Å². The first-order valence-corrected chi connectivity index (χ1v) is 7.53. The number of nitrogens with zero attached hydrogens (tertiary/aromatic N) is 2. The van der Waals surface area contributed by atoms with E-state index in [-0.39, 0.29) is 17.4 Å². The van der Waals surface area contributed by atoms with Crippen LogP contribution in [0.3, 0.4) is 0 Å². The third-order valence-corrected chi connectivity index (χ3v) is 3.32. The van der Waals surface area contributed by atoms with Crippen LogP contribution in [0.15, 0.2) is 4.52 Å². The van der Waals surface area contributed by atoms with Crippen molar-refractivity contribution in [3.05, 3.63) is 11.5 Å². The average molecular weight is 309 g/mol. The molecular formula is C15H23N3O4. The Balaban J connectivity index is 2.13. The maximum atomic E-state index is 12.5. The third kappa shape index (κ3) is 3.99. The Bertz CT molecular complexity index is 554. The normalized spacial score (nSPS) is 15.5. The second kappa shape index (κ2) is 6.37. The minimum absolute atomic E-state index is 0.0107. The Hall–Kier alpha value is -2.05. The van der Waals surface area contributed by atoms with Gasteiger partial charge in [0.25, 0.3) is 11.7 Å². The van der Waals surface area contributed by atoms with E-state index in [1.807, 2.05) is 20.8 Å². The van der Waals surface area contributed by atoms with Gasteiger partial charge in [0.15, 0.2) is 0 Å². The second-order valence-electron chi connectivity index (χ2n) is 6.54. The van der Waals surface area contributed by atoms with Crippen molar-refractivity contribution in [3.63, 3.8) is 0 Å². The first kappa shape index (κ1) is 16.3. The molecule has 0 bridgehead atoms. The average Bonchev–Trinajstić information content (AvgIpc) is 2.78. The minimum Gasteiger partial charge on any atom is -0.404 e. The summed E-state index contributed by atoms with van der Waals surface area (Å²) in [4.78, 5) is 26.1. The molecule has 7 heteroatoms. The molecule has 0 radical (unpaired) electrons. The van der Waals surface area contributed by atoms with Gasteiger partial charge in [-0.15, -0.1) is 0 Å². The molecule has 0 atom stereocenters. The molecule has 0 unspecified atom stereocenters. The van der Waals surface area contributed by atoms with Gasteiger partial charge in [-0.1, -0.05) is 5.16 Å². The highest BCUT2D eigenvalue weighted by atomic mass is 16.6. The predicted molar refractivity (Wildman–Crippen MR) is 79.9 cm³/mol. The van der Waals surface area contributed by atoms with Crippen LogP contribution in [-0.2, 0) is 0 Å². The lowest BCUT2D eigenvalue weighted by Gasteiger charge is -2.25. The molecule has 0 aliphatic carbocycles. The van der Waals surface area contributed by atoms with Crippen LogP contribution in [-0.4, -0.2) is 40.7 Å². The number of carbonyl (C=O) groups excluding carboxylic acids is 2. The van der Waals surface area contributed by atoms with Crippen molar-refractivity contribution in [2.24, 2.45) is 0 Å². The van der Waals surface area contributed by atoms with Gasteiger partial charge in [0.05, 0.1) is 0 Å². The number of piperidine rings is 1. The fourth-order valence-corrected chi connectivity index (χ4v) is 2.28. The number of hydrogen-bond donors (Lipinski definition) is 1. The predicted octanol–water partition coefficient (Wildman–Crippen LogP) is 2.50. The molecule has 1 aromatic rings. The fraction of sp³-hybridized carbons (Fsp3) is 0.667. The van der Waals surface area contributed by atoms with Crippen LogP contribution < -0.4 is 10.1 Å². The van der Waals surface area contributed by atoms with Crippen LogP contribution in [0.4, 0.5) is 4.79 Å². The number of rotatable bonds is 2. The van der Waals surface area contributed by atoms with Crippen LogP contribution in [0, 0.1) is 6.92 Å². The van der Waals surface area contributed by atoms with Gasteiger partial charge < -0.3 is 19.5 Å². The van der Waals surface area contributed by atoms with Gasteiger partial charge in [0.1, 0.15) is 5.69 Å². The van der Waals surface area contributed by atoms with Crippen molar-refractivity contribution in [1.29, 1.82) is 0 Å². The molecule has 1 saturated heterocycles. The summed E-state index contributed by atoms with van der Waals surface area (Å²) in [6, 6.07) is 0. The number of carbonyl (C=O) groups is 2. The molecule has 2 heterocycles. The Morgan fingerprint density at radius 3 is 2.45 bits per heavy atom. The molecule has 0 saturated carbocycles. The highest BCUT2D eigenvalue weighted by Crippen LogP contribution is 2.26. The maximum absolute atomic E-state index is 12.5. The van der Waals surface area contributed by atoms with Gasteiger partial charge in [-0.05, 0) is 47.0 Å². The lowest BCUT2D eigenvalue weighted by molar-refractivity contribution is 0.0678. The minimum atomic E-state index is -0.633. The van der Waals surface area contributed by atoms with E-state index >= 15 is 0 Å². The number of aryl methyl sites for hydroxylation is 1. The molecule has 1 fully saturated rings. The molecule has 2 rings (SSSR count). The van der Waals surface area contributed by atoms with Crippen molar-refractivity contribution >= 4 is 12.0 Å². The lowest BCUT2D eigenvalue weighted by atomic mass is 10.1. The summed E-state index contributed by atoms with van der Waals surface area (Å²) in [5.41, 5.74) is -0.0523. The first-order valence-electron chi connectivity index (χ1n) is 7.53. The third-order valence-electron chi connectivity index (χ3n) is 3.32. The highest BCUT2D eigenvalue weighted by Gasteiger charge is 2.29. The standard InChI is InChI=1S/C15H23N3O4/c1-10-11(21-14(20)16-15(2,3)4)12(22-17-10)13(19)18-8-6-5-7-9-18/h5-9H2,1-4H3,(H,16,20). The maximum Gasteiger partial charge on any atom is 0.413 e. The zero-order valence-electron chi connectivity index (χ0n) is 13.6. The summed E-state index contributed by atoms with van der Waals surface area (Å²) >= 11 is 0. The molecule has 1 N–H and O–H groups in total. The molecule has 122 valence electrons. The Morgan fingerprint density at radius 2 is 1.86 bits per heavy atom. The molecule has 0 aromatic carbocycles. The molecule has 1 aromatic heterocycles. The fourth-order valence-electron chi connectivity index (χ4n) is 2.28. The SMILES string of the molecule is Cc1noc(C(=O)N2CCCCC2)c1OC(=O)NC(C)(C)C. The van der Waals surface area contributed by atoms with Gasteiger partial charge in [-0.25, -0.2) is 4.79 Å². The van der Waals surface area contributed by atoms with Gasteiger partial charge >= 0.3 is 6.09 Å². The van der Waals surface area contributed by atoms with Crippen molar-refractivity contribution in [2.45, 2.75) is 52.5 Å². The van der Waals surface area contributed by atoms with E-state index in [4.69, 9.17) is 9.26 Å². The smallest absolute Gasteiger partial charge is 0.404 e. The largest absolute Gasteiger partial charge is 0.413 e. The van der Waals surface area contributed by atoms with E-state index in [1.54, 1.807) is 11.8 Å². The van der Waals surface area contributed by atoms with Crippen LogP contribution in [0.2, 0.25) is 0 Å². The van der Waals surface area contributed by atoms with E-state index < -0.39 is 11.6 Å². The van der Waals surface area contributed by atoms with E-state index in [9.17, 15) is 9.59 Å². The molecule has 2 amide bonds. The van der Waals surface area contributed by atoms with E-state index in [0.29, 0.717) is 18.8 Å². The lowest BCUT2D eigenvalue weighted by Crippen LogP contribution is -2.42. The number of amides is 2. The highest BCUT2D eigenvalue weighted by molar-refractivity contribution is 5.95. The summed E-state index contributed by atoms with van der Waals surface area (Å²) in [7, 11) is 0. The zero-order chi connectivity index (χ0) is 16.3. The Kier molecular flexibility index (Phi) is 4.73. The summed E-state index contributed by atoms with van der Waals surface area (Å²) in [6.45, 7) is 8.53. The molecule has 1 aliphatic rings. The molecule has 0 spiro atoms. The number of likely N-dealkylation sites (tertiary alicyclic amines) is 1. The van der Waals surface area contributed by atoms with Gasteiger partial charge in [0, 0.05) is 18.6 Å². The van der Waals surface area contributed by atoms with Crippen LogP contribution in [0.5, 0.6) is 5.75 Å². The van der Waals surface area contributed by atoms with Crippen molar-refractivity contribution in [3.8, 4) is 5.75 Å².